The highest BCUT2D eigenvalue weighted by atomic mass is 16.6. The van der Waals surface area contributed by atoms with Gasteiger partial charge in [-0.25, -0.2) is 9.59 Å². The number of nitrogens with one attached hydrogen (secondary N) is 1. The molecule has 178 valence electrons. The van der Waals surface area contributed by atoms with E-state index in [9.17, 15) is 9.59 Å². The largest absolute Gasteiger partial charge is 0.494 e. The smallest absolute Gasteiger partial charge is 0.414 e. The van der Waals surface area contributed by atoms with Crippen LogP contribution in [0.4, 0.5) is 4.79 Å². The molecular weight excluding hydrogens is 432 g/mol. The van der Waals surface area contributed by atoms with Crippen molar-refractivity contribution in [2.75, 3.05) is 27.7 Å². The summed E-state index contributed by atoms with van der Waals surface area (Å²) in [6.07, 6.45) is 0.315. The molecule has 0 bridgehead atoms. The molecule has 1 unspecified atom stereocenters. The molecule has 0 spiro atoms. The lowest BCUT2D eigenvalue weighted by Gasteiger charge is -2.18. The molecule has 0 heterocycles. The molecule has 0 saturated carbocycles. The number of hydrogen-bond donors (Lipinski definition) is 1. The molecule has 34 heavy (non-hydrogen) atoms. The van der Waals surface area contributed by atoms with Crippen molar-refractivity contribution in [3.05, 3.63) is 95.6 Å². The molecule has 0 aliphatic rings. The molecule has 7 nitrogen and oxygen atoms in total. The van der Waals surface area contributed by atoms with Crippen LogP contribution >= 0.6 is 0 Å². The van der Waals surface area contributed by atoms with Gasteiger partial charge in [0.25, 0.3) is 0 Å². The first kappa shape index (κ1) is 24.8. The predicted molar refractivity (Wildman–Crippen MR) is 130 cm³/mol. The topological polar surface area (TPSA) is 77.1 Å². The minimum Gasteiger partial charge on any atom is -0.494 e. The van der Waals surface area contributed by atoms with Gasteiger partial charge in [0.2, 0.25) is 0 Å². The monoisotopic (exact) mass is 462 g/mol. The quantitative estimate of drug-likeness (QED) is 0.435. The first-order chi connectivity index (χ1) is 16.5. The van der Waals surface area contributed by atoms with E-state index in [4.69, 9.17) is 14.2 Å². The second-order valence-electron chi connectivity index (χ2n) is 7.90. The van der Waals surface area contributed by atoms with Gasteiger partial charge in [-0.1, -0.05) is 42.5 Å². The highest BCUT2D eigenvalue weighted by Crippen LogP contribution is 2.21. The second kappa shape index (κ2) is 12.4. The molecule has 0 aliphatic heterocycles. The first-order valence-corrected chi connectivity index (χ1v) is 11.1. The standard InChI is InChI=1S/C27H30N2O5/c1-28-25(21-9-15-24(16-10-21)34-27(31)29(2)3)17-18-32-23-13-11-22(12-14-23)26(30)33-19-20-7-5-4-6-8-20/h4-16,25,28H,17-19H2,1-3H3. The maximum atomic E-state index is 12.2. The summed E-state index contributed by atoms with van der Waals surface area (Å²) in [7, 11) is 5.17. The van der Waals surface area contributed by atoms with E-state index in [-0.39, 0.29) is 18.6 Å². The van der Waals surface area contributed by atoms with Gasteiger partial charge in [0.1, 0.15) is 18.1 Å². The fourth-order valence-electron chi connectivity index (χ4n) is 3.23. The number of esters is 1. The lowest BCUT2D eigenvalue weighted by atomic mass is 10.0. The van der Waals surface area contributed by atoms with Crippen LogP contribution in [0.5, 0.6) is 11.5 Å². The van der Waals surface area contributed by atoms with Crippen molar-refractivity contribution < 1.29 is 23.8 Å². The number of rotatable bonds is 10. The van der Waals surface area contributed by atoms with E-state index in [1.807, 2.05) is 49.5 Å². The maximum Gasteiger partial charge on any atom is 0.414 e. The lowest BCUT2D eigenvalue weighted by molar-refractivity contribution is 0.0472. The third kappa shape index (κ3) is 7.35. The van der Waals surface area contributed by atoms with Crippen molar-refractivity contribution in [2.24, 2.45) is 0 Å². The van der Waals surface area contributed by atoms with Crippen LogP contribution in [0, 0.1) is 0 Å². The van der Waals surface area contributed by atoms with E-state index < -0.39 is 6.09 Å². The summed E-state index contributed by atoms with van der Waals surface area (Å²) in [5.41, 5.74) is 2.48. The van der Waals surface area contributed by atoms with Gasteiger partial charge in [-0.3, -0.25) is 0 Å². The summed E-state index contributed by atoms with van der Waals surface area (Å²) in [5, 5.41) is 3.28. The van der Waals surface area contributed by atoms with Gasteiger partial charge in [0.05, 0.1) is 12.2 Å². The van der Waals surface area contributed by atoms with E-state index in [0.29, 0.717) is 23.7 Å². The van der Waals surface area contributed by atoms with Gasteiger partial charge in [-0.05, 0) is 54.6 Å². The molecular formula is C27H30N2O5. The molecule has 7 heteroatoms. The second-order valence-corrected chi connectivity index (χ2v) is 7.90. The normalized spacial score (nSPS) is 11.4. The van der Waals surface area contributed by atoms with Gasteiger partial charge in [-0.2, -0.15) is 0 Å². The molecule has 0 aliphatic carbocycles. The molecule has 0 fully saturated rings. The summed E-state index contributed by atoms with van der Waals surface area (Å²) in [4.78, 5) is 25.3. The van der Waals surface area contributed by atoms with Gasteiger partial charge in [0, 0.05) is 26.6 Å². The molecule has 1 atom stereocenters. The average Bonchev–Trinajstić information content (AvgIpc) is 2.87. The summed E-state index contributed by atoms with van der Waals surface area (Å²) < 4.78 is 16.5. The lowest BCUT2D eigenvalue weighted by Crippen LogP contribution is -2.25. The Morgan fingerprint density at radius 2 is 1.53 bits per heavy atom. The number of ether oxygens (including phenoxy) is 3. The van der Waals surface area contributed by atoms with Crippen molar-refractivity contribution >= 4 is 12.1 Å². The average molecular weight is 463 g/mol. The Hall–Kier alpha value is -3.84. The molecule has 3 rings (SSSR count). The van der Waals surface area contributed by atoms with Crippen LogP contribution in [0.15, 0.2) is 78.9 Å². The number of nitrogens with zero attached hydrogens (tertiary/aromatic N) is 1. The number of amides is 1. The van der Waals surface area contributed by atoms with Gasteiger partial charge in [-0.15, -0.1) is 0 Å². The third-order valence-electron chi connectivity index (χ3n) is 5.18. The zero-order valence-corrected chi connectivity index (χ0v) is 19.7. The van der Waals surface area contributed by atoms with Crippen LogP contribution in [0.1, 0.15) is 33.9 Å². The van der Waals surface area contributed by atoms with E-state index in [0.717, 1.165) is 17.5 Å². The Bertz CT molecular complexity index is 1050. The Morgan fingerprint density at radius 1 is 0.882 bits per heavy atom. The first-order valence-electron chi connectivity index (χ1n) is 11.1. The van der Waals surface area contributed by atoms with E-state index in [2.05, 4.69) is 5.32 Å². The highest BCUT2D eigenvalue weighted by Gasteiger charge is 2.12. The number of benzene rings is 3. The number of hydrogen-bond acceptors (Lipinski definition) is 6. The van der Waals surface area contributed by atoms with E-state index in [1.165, 1.54) is 4.90 Å². The van der Waals surface area contributed by atoms with Crippen molar-refractivity contribution in [3.8, 4) is 11.5 Å². The molecule has 3 aromatic rings. The van der Waals surface area contributed by atoms with Crippen LogP contribution in [0.3, 0.4) is 0 Å². The Balaban J connectivity index is 1.46. The molecule has 1 N–H and O–H groups in total. The molecule has 3 aromatic carbocycles. The van der Waals surface area contributed by atoms with Crippen molar-refractivity contribution in [1.82, 2.24) is 10.2 Å². The summed E-state index contributed by atoms with van der Waals surface area (Å²) in [5.74, 6) is 0.807. The predicted octanol–water partition coefficient (Wildman–Crippen LogP) is 4.83. The zero-order chi connectivity index (χ0) is 24.3. The molecule has 0 saturated heterocycles. The van der Waals surface area contributed by atoms with Crippen LogP contribution in [-0.2, 0) is 11.3 Å². The zero-order valence-electron chi connectivity index (χ0n) is 19.7. The summed E-state index contributed by atoms with van der Waals surface area (Å²) in [6, 6.07) is 24.0. The van der Waals surface area contributed by atoms with Crippen LogP contribution in [-0.4, -0.2) is 44.7 Å². The molecule has 1 amide bonds. The van der Waals surface area contributed by atoms with Gasteiger partial charge in [0.15, 0.2) is 0 Å². The minimum absolute atomic E-state index is 0.0748. The van der Waals surface area contributed by atoms with Gasteiger partial charge >= 0.3 is 12.1 Å². The third-order valence-corrected chi connectivity index (χ3v) is 5.18. The summed E-state index contributed by atoms with van der Waals surface area (Å²) in [6.45, 7) is 0.725. The fraction of sp³-hybridized carbons (Fsp3) is 0.259. The molecule has 0 aromatic heterocycles. The van der Waals surface area contributed by atoms with Crippen molar-refractivity contribution in [1.29, 1.82) is 0 Å². The Labute approximate surface area is 200 Å². The number of carbonyl (C=O) groups is 2. The highest BCUT2D eigenvalue weighted by molar-refractivity contribution is 5.89. The van der Waals surface area contributed by atoms with Crippen molar-refractivity contribution in [3.63, 3.8) is 0 Å². The number of carbonyl (C=O) groups excluding carboxylic acids is 2. The van der Waals surface area contributed by atoms with Crippen LogP contribution in [0.2, 0.25) is 0 Å². The van der Waals surface area contributed by atoms with Gasteiger partial charge < -0.3 is 24.4 Å². The van der Waals surface area contributed by atoms with Crippen LogP contribution < -0.4 is 14.8 Å². The summed E-state index contributed by atoms with van der Waals surface area (Å²) >= 11 is 0. The maximum absolute atomic E-state index is 12.2. The van der Waals surface area contributed by atoms with Crippen molar-refractivity contribution in [2.45, 2.75) is 19.1 Å². The minimum atomic E-state index is -0.415. The van der Waals surface area contributed by atoms with Crippen LogP contribution in [0.25, 0.3) is 0 Å². The Kier molecular flexibility index (Phi) is 9.05. The SMILES string of the molecule is CNC(CCOc1ccc(C(=O)OCc2ccccc2)cc1)c1ccc(OC(=O)N(C)C)cc1. The fourth-order valence-corrected chi connectivity index (χ4v) is 3.23. The molecule has 0 radical (unpaired) electrons. The Morgan fingerprint density at radius 3 is 2.15 bits per heavy atom. The van der Waals surface area contributed by atoms with E-state index in [1.54, 1.807) is 50.5 Å². The van der Waals surface area contributed by atoms with E-state index >= 15 is 0 Å².